The molecule has 0 spiro atoms. The number of carbonyl (C=O) groups excluding carboxylic acids is 2. The maximum atomic E-state index is 14.5. The van der Waals surface area contributed by atoms with E-state index in [0.717, 1.165) is 59.6 Å². The van der Waals surface area contributed by atoms with Gasteiger partial charge in [0, 0.05) is 43.7 Å². The van der Waals surface area contributed by atoms with Gasteiger partial charge in [-0.3, -0.25) is 9.69 Å². The smallest absolute Gasteiger partial charge is 0.410 e. The molecule has 2 saturated carbocycles. The summed E-state index contributed by atoms with van der Waals surface area (Å²) in [7, 11) is 5.63. The molecule has 6 rings (SSSR count). The molecule has 2 aromatic heterocycles. The molecule has 0 radical (unpaired) electrons. The van der Waals surface area contributed by atoms with E-state index < -0.39 is 6.10 Å². The average Bonchev–Trinajstić information content (AvgIpc) is 3.10. The van der Waals surface area contributed by atoms with Crippen LogP contribution in [0.2, 0.25) is 0 Å². The summed E-state index contributed by atoms with van der Waals surface area (Å²) in [5.74, 6) is 2.71. The van der Waals surface area contributed by atoms with Crippen LogP contribution in [0, 0.1) is 18.8 Å². The Balaban J connectivity index is 1.19. The number of methoxy groups -OCH3 is 1. The number of aliphatic hydroxyl groups excluding tert-OH is 1. The van der Waals surface area contributed by atoms with Gasteiger partial charge in [0.25, 0.3) is 0 Å². The van der Waals surface area contributed by atoms with Gasteiger partial charge in [0.15, 0.2) is 0 Å². The Morgan fingerprint density at radius 1 is 0.878 bits per heavy atom. The van der Waals surface area contributed by atoms with Gasteiger partial charge in [-0.1, -0.05) is 18.7 Å². The van der Waals surface area contributed by atoms with E-state index in [9.17, 15) is 14.7 Å². The Bertz CT molecular complexity index is 1640. The maximum Gasteiger partial charge on any atom is 0.410 e. The van der Waals surface area contributed by atoms with Crippen LogP contribution < -0.4 is 14.5 Å². The third-order valence-electron chi connectivity index (χ3n) is 10.5. The van der Waals surface area contributed by atoms with Crippen molar-refractivity contribution in [1.29, 1.82) is 0 Å². The molecule has 10 nitrogen and oxygen atoms in total. The van der Waals surface area contributed by atoms with Gasteiger partial charge in [-0.15, -0.1) is 0 Å². The number of aromatic nitrogens is 2. The maximum absolute atomic E-state index is 14.5. The molecule has 1 N–H and O–H groups in total. The molecule has 0 unspecified atom stereocenters. The lowest BCUT2D eigenvalue weighted by molar-refractivity contribution is -0.123. The highest BCUT2D eigenvalue weighted by Gasteiger charge is 2.37. The van der Waals surface area contributed by atoms with Gasteiger partial charge in [-0.25, -0.2) is 14.8 Å². The Morgan fingerprint density at radius 3 is 2.20 bits per heavy atom. The number of carbonyl (C=O) groups is 2. The molecular weight excluding hydrogens is 618 g/mol. The van der Waals surface area contributed by atoms with Crippen molar-refractivity contribution >= 4 is 23.6 Å². The molecule has 10 heteroatoms. The number of aliphatic hydroxyl groups is 1. The number of hydrogen-bond donors (Lipinski definition) is 1. The number of nitrogens with zero attached hydrogens (tertiary/aromatic N) is 5. The summed E-state index contributed by atoms with van der Waals surface area (Å²) >= 11 is 0. The van der Waals surface area contributed by atoms with Gasteiger partial charge in [0.1, 0.15) is 23.5 Å². The quantitative estimate of drug-likeness (QED) is 0.268. The molecule has 3 heterocycles. The second kappa shape index (κ2) is 15.0. The average molecular weight is 668 g/mol. The minimum absolute atomic E-state index is 0.000671. The van der Waals surface area contributed by atoms with Crippen LogP contribution in [0.5, 0.6) is 5.75 Å². The van der Waals surface area contributed by atoms with Crippen molar-refractivity contribution < 1.29 is 24.2 Å². The zero-order chi connectivity index (χ0) is 34.7. The van der Waals surface area contributed by atoms with Crippen LogP contribution in [0.4, 0.5) is 16.4 Å². The number of hydrogen-bond acceptors (Lipinski definition) is 8. The van der Waals surface area contributed by atoms with Crippen molar-refractivity contribution in [3.8, 4) is 16.9 Å². The lowest BCUT2D eigenvalue weighted by Crippen LogP contribution is -2.54. The topological polar surface area (TPSA) is 108 Å². The second-order valence-corrected chi connectivity index (χ2v) is 14.1. The van der Waals surface area contributed by atoms with Crippen LogP contribution in [0.3, 0.4) is 0 Å². The zero-order valence-corrected chi connectivity index (χ0v) is 29.2. The van der Waals surface area contributed by atoms with Gasteiger partial charge in [0.05, 0.1) is 26.3 Å². The predicted octanol–water partition coefficient (Wildman–Crippen LogP) is 6.72. The number of rotatable bonds is 9. The van der Waals surface area contributed by atoms with Gasteiger partial charge < -0.3 is 24.4 Å². The van der Waals surface area contributed by atoms with Crippen LogP contribution in [0.25, 0.3) is 11.1 Å². The SMILES string of the molecule is C=C(C1CCC(c2ccc(OC)c(C)c2)CC1)N(C(=O)C1CCC(OC(=O)N2CC(O)C2)CC1)c1cc(-c2ccc(N(C)C)nc2)ccn1. The standard InChI is InChI=1S/C39H49N5O5/c1-25-20-30(12-16-35(25)48-5)28-8-6-27(7-9-28)26(2)44(37-21-31(18-19-40-37)32-13-17-36(41-22-32)42(3)4)38(46)29-10-14-34(15-11-29)49-39(47)43-23-33(45)24-43/h12-13,16-22,27-29,33-34,45H,2,6-11,14-15,23-24H2,1,3-5H3. The fourth-order valence-corrected chi connectivity index (χ4v) is 7.47. The van der Waals surface area contributed by atoms with Gasteiger partial charge in [0.2, 0.25) is 5.91 Å². The second-order valence-electron chi connectivity index (χ2n) is 14.1. The van der Waals surface area contributed by atoms with E-state index in [1.165, 1.54) is 10.5 Å². The van der Waals surface area contributed by atoms with Crippen molar-refractivity contribution in [3.05, 3.63) is 78.3 Å². The number of amides is 2. The van der Waals surface area contributed by atoms with E-state index >= 15 is 0 Å². The number of benzene rings is 1. The Morgan fingerprint density at radius 2 is 1.59 bits per heavy atom. The summed E-state index contributed by atoms with van der Waals surface area (Å²) in [6.07, 6.45) is 8.86. The molecule has 1 saturated heterocycles. The van der Waals surface area contributed by atoms with E-state index in [0.29, 0.717) is 50.5 Å². The lowest BCUT2D eigenvalue weighted by Gasteiger charge is -2.38. The molecule has 3 fully saturated rings. The summed E-state index contributed by atoms with van der Waals surface area (Å²) < 4.78 is 11.2. The van der Waals surface area contributed by atoms with Gasteiger partial charge in [-0.05, 0) is 117 Å². The minimum Gasteiger partial charge on any atom is -0.496 e. The number of likely N-dealkylation sites (tertiary alicyclic amines) is 1. The Kier molecular flexibility index (Phi) is 10.5. The van der Waals surface area contributed by atoms with Crippen LogP contribution in [0.15, 0.2) is 67.1 Å². The molecule has 0 bridgehead atoms. The van der Waals surface area contributed by atoms with Crippen LogP contribution in [0.1, 0.15) is 68.4 Å². The number of aryl methyl sites for hydroxylation is 1. The molecule has 49 heavy (non-hydrogen) atoms. The van der Waals surface area contributed by atoms with E-state index in [1.54, 1.807) is 18.2 Å². The number of anilines is 2. The largest absolute Gasteiger partial charge is 0.496 e. The van der Waals surface area contributed by atoms with Crippen molar-refractivity contribution in [3.63, 3.8) is 0 Å². The minimum atomic E-state index is -0.470. The van der Waals surface area contributed by atoms with E-state index in [2.05, 4.69) is 36.7 Å². The normalized spacial score (nSPS) is 22.5. The fourth-order valence-electron chi connectivity index (χ4n) is 7.47. The zero-order valence-electron chi connectivity index (χ0n) is 29.2. The molecule has 2 aliphatic carbocycles. The summed E-state index contributed by atoms with van der Waals surface area (Å²) in [5.41, 5.74) is 5.15. The van der Waals surface area contributed by atoms with E-state index in [1.807, 2.05) is 49.5 Å². The number of ether oxygens (including phenoxy) is 2. The van der Waals surface area contributed by atoms with Crippen LogP contribution in [-0.4, -0.2) is 78.5 Å². The first-order valence-corrected chi connectivity index (χ1v) is 17.5. The summed E-state index contributed by atoms with van der Waals surface area (Å²) in [5, 5.41) is 9.55. The van der Waals surface area contributed by atoms with Crippen molar-refractivity contribution in [2.75, 3.05) is 44.1 Å². The van der Waals surface area contributed by atoms with Gasteiger partial charge >= 0.3 is 6.09 Å². The molecule has 3 aromatic rings. The van der Waals surface area contributed by atoms with Crippen molar-refractivity contribution in [2.45, 2.75) is 76.4 Å². The third-order valence-corrected chi connectivity index (χ3v) is 10.5. The predicted molar refractivity (Wildman–Crippen MR) is 191 cm³/mol. The molecule has 0 atom stereocenters. The first-order chi connectivity index (χ1) is 23.6. The van der Waals surface area contributed by atoms with E-state index in [-0.39, 0.29) is 29.9 Å². The highest BCUT2D eigenvalue weighted by atomic mass is 16.6. The summed E-state index contributed by atoms with van der Waals surface area (Å²) in [6.45, 7) is 7.28. The molecular formula is C39H49N5O5. The molecule has 260 valence electrons. The number of allylic oxidation sites excluding steroid dienone is 1. The van der Waals surface area contributed by atoms with Gasteiger partial charge in [-0.2, -0.15) is 0 Å². The fraction of sp³-hybridized carbons (Fsp3) is 0.487. The van der Waals surface area contributed by atoms with Crippen molar-refractivity contribution in [2.24, 2.45) is 11.8 Å². The first kappa shape index (κ1) is 34.4. The van der Waals surface area contributed by atoms with Crippen LogP contribution in [-0.2, 0) is 9.53 Å². The Labute approximate surface area is 289 Å². The highest BCUT2D eigenvalue weighted by molar-refractivity contribution is 5.97. The molecule has 1 aromatic carbocycles. The Hall–Kier alpha value is -4.44. The first-order valence-electron chi connectivity index (χ1n) is 17.5. The molecule has 1 aliphatic heterocycles. The van der Waals surface area contributed by atoms with Crippen LogP contribution >= 0.6 is 0 Å². The van der Waals surface area contributed by atoms with E-state index in [4.69, 9.17) is 14.5 Å². The molecule has 3 aliphatic rings. The number of β-amino-alcohol motifs (C(OH)–C–C–N with tert-alkyl or cyclic N) is 1. The lowest BCUT2D eigenvalue weighted by atomic mass is 9.77. The molecule has 2 amide bonds. The summed E-state index contributed by atoms with van der Waals surface area (Å²) in [6, 6.07) is 14.4. The summed E-state index contributed by atoms with van der Waals surface area (Å²) in [4.78, 5) is 41.6. The van der Waals surface area contributed by atoms with Crippen molar-refractivity contribution in [1.82, 2.24) is 14.9 Å². The monoisotopic (exact) mass is 667 g/mol. The third kappa shape index (κ3) is 7.75. The number of pyridine rings is 2. The highest BCUT2D eigenvalue weighted by Crippen LogP contribution is 2.42.